The van der Waals surface area contributed by atoms with Crippen LogP contribution in [0.15, 0.2) is 23.7 Å². The van der Waals surface area contributed by atoms with Gasteiger partial charge in [-0.1, -0.05) is 12.2 Å². The maximum absolute atomic E-state index is 12.3. The van der Waals surface area contributed by atoms with Crippen molar-refractivity contribution in [3.8, 4) is 10.6 Å². The van der Waals surface area contributed by atoms with Crippen LogP contribution in [-0.4, -0.2) is 44.7 Å². The molecule has 6 nitrogen and oxygen atoms in total. The number of carbonyl (C=O) groups excluding carboxylic acids is 1. The van der Waals surface area contributed by atoms with Crippen molar-refractivity contribution < 1.29 is 4.79 Å². The van der Waals surface area contributed by atoms with Crippen molar-refractivity contribution in [1.29, 1.82) is 0 Å². The fraction of sp³-hybridized carbons (Fsp3) is 0.571. The van der Waals surface area contributed by atoms with Crippen molar-refractivity contribution in [2.75, 3.05) is 13.1 Å². The van der Waals surface area contributed by atoms with Crippen LogP contribution in [0.25, 0.3) is 10.6 Å². The third kappa shape index (κ3) is 4.52. The number of thiazole rings is 1. The van der Waals surface area contributed by atoms with Crippen LogP contribution in [0.4, 0.5) is 0 Å². The molecule has 28 heavy (non-hydrogen) atoms. The molecule has 3 heterocycles. The zero-order valence-corrected chi connectivity index (χ0v) is 17.5. The van der Waals surface area contributed by atoms with Gasteiger partial charge in [0.15, 0.2) is 0 Å². The lowest BCUT2D eigenvalue weighted by Gasteiger charge is -2.32. The fourth-order valence-corrected chi connectivity index (χ4v) is 4.93. The number of likely N-dealkylation sites (tertiary alicyclic amines) is 1. The minimum atomic E-state index is 0.214. The molecule has 1 N–H and O–H groups in total. The Morgan fingerprint density at radius 2 is 2.14 bits per heavy atom. The lowest BCUT2D eigenvalue weighted by Crippen LogP contribution is -2.44. The molecule has 0 unspecified atom stereocenters. The summed E-state index contributed by atoms with van der Waals surface area (Å²) in [5, 5.41) is 7.93. The van der Waals surface area contributed by atoms with Crippen molar-refractivity contribution >= 4 is 17.2 Å². The average Bonchev–Trinajstić information content (AvgIpc) is 3.40. The fourth-order valence-electron chi connectivity index (χ4n) is 4.17. The lowest BCUT2D eigenvalue weighted by atomic mass is 10.0. The summed E-state index contributed by atoms with van der Waals surface area (Å²) in [5.41, 5.74) is 5.15. The molecule has 1 atom stereocenters. The van der Waals surface area contributed by atoms with Crippen molar-refractivity contribution in [2.45, 2.75) is 51.6 Å². The van der Waals surface area contributed by atoms with Gasteiger partial charge < -0.3 is 5.32 Å². The Hall–Kier alpha value is -1.99. The Labute approximate surface area is 170 Å². The first-order chi connectivity index (χ1) is 13.6. The Balaban J connectivity index is 1.26. The van der Waals surface area contributed by atoms with Gasteiger partial charge in [-0.2, -0.15) is 5.10 Å². The third-order valence-corrected chi connectivity index (χ3v) is 6.80. The smallest absolute Gasteiger partial charge is 0.220 e. The predicted octanol–water partition coefficient (Wildman–Crippen LogP) is 3.29. The van der Waals surface area contributed by atoms with E-state index in [9.17, 15) is 4.79 Å². The monoisotopic (exact) mass is 399 g/mol. The number of amides is 1. The first kappa shape index (κ1) is 19.3. The van der Waals surface area contributed by atoms with Crippen molar-refractivity contribution in [2.24, 2.45) is 13.0 Å². The molecular weight excluding hydrogens is 370 g/mol. The number of aromatic nitrogens is 3. The Bertz CT molecular complexity index is 847. The van der Waals surface area contributed by atoms with E-state index < -0.39 is 0 Å². The number of carbonyl (C=O) groups is 1. The number of rotatable bonds is 6. The number of allylic oxidation sites excluding steroid dienone is 2. The molecule has 4 rings (SSSR count). The van der Waals surface area contributed by atoms with E-state index in [4.69, 9.17) is 0 Å². The first-order valence-electron chi connectivity index (χ1n) is 10.2. The normalized spacial score (nSPS) is 20.7. The van der Waals surface area contributed by atoms with Crippen LogP contribution in [0.2, 0.25) is 0 Å². The Morgan fingerprint density at radius 1 is 1.32 bits per heavy atom. The maximum Gasteiger partial charge on any atom is 0.220 e. The summed E-state index contributed by atoms with van der Waals surface area (Å²) in [6.45, 7) is 4.94. The number of nitrogens with one attached hydrogen (secondary N) is 1. The quantitative estimate of drug-likeness (QED) is 0.757. The van der Waals surface area contributed by atoms with E-state index in [1.54, 1.807) is 11.3 Å². The molecule has 7 heteroatoms. The largest absolute Gasteiger partial charge is 0.353 e. The molecule has 1 fully saturated rings. The van der Waals surface area contributed by atoms with Gasteiger partial charge in [-0.15, -0.1) is 11.3 Å². The molecule has 2 aliphatic rings. The summed E-state index contributed by atoms with van der Waals surface area (Å²) in [7, 11) is 2.01. The molecule has 0 aromatic carbocycles. The molecular formula is C21H29N5OS. The van der Waals surface area contributed by atoms with Gasteiger partial charge in [-0.05, 0) is 44.6 Å². The molecule has 150 valence electrons. The molecule has 1 amide bonds. The third-order valence-electron chi connectivity index (χ3n) is 5.85. The van der Waals surface area contributed by atoms with E-state index in [0.717, 1.165) is 61.6 Å². The Kier molecular flexibility index (Phi) is 5.92. The molecule has 0 radical (unpaired) electrons. The number of nitrogens with zero attached hydrogens (tertiary/aromatic N) is 4. The molecule has 1 aliphatic carbocycles. The van der Waals surface area contributed by atoms with E-state index in [1.165, 1.54) is 5.69 Å². The van der Waals surface area contributed by atoms with Crippen molar-refractivity contribution in [3.63, 3.8) is 0 Å². The SMILES string of the molecule is Cc1ncsc1-c1cc(CN2CCC(NC(=O)C[C@H]3C=CCC3)CC2)n(C)n1. The minimum absolute atomic E-state index is 0.214. The van der Waals surface area contributed by atoms with E-state index >= 15 is 0 Å². The van der Waals surface area contributed by atoms with Gasteiger partial charge in [0.25, 0.3) is 0 Å². The number of aryl methyl sites for hydroxylation is 2. The maximum atomic E-state index is 12.3. The second kappa shape index (κ2) is 8.57. The van der Waals surface area contributed by atoms with E-state index in [2.05, 4.69) is 38.5 Å². The van der Waals surface area contributed by atoms with Crippen molar-refractivity contribution in [3.05, 3.63) is 35.1 Å². The van der Waals surface area contributed by atoms with Crippen LogP contribution in [0, 0.1) is 12.8 Å². The number of hydrogen-bond donors (Lipinski definition) is 1. The van der Waals surface area contributed by atoms with Gasteiger partial charge in [0.05, 0.1) is 21.8 Å². The second-order valence-electron chi connectivity index (χ2n) is 8.00. The number of hydrogen-bond acceptors (Lipinski definition) is 5. The highest BCUT2D eigenvalue weighted by Gasteiger charge is 2.23. The van der Waals surface area contributed by atoms with Gasteiger partial charge in [-0.3, -0.25) is 14.4 Å². The summed E-state index contributed by atoms with van der Waals surface area (Å²) in [4.78, 5) is 20.2. The molecule has 1 aliphatic heterocycles. The minimum Gasteiger partial charge on any atom is -0.353 e. The van der Waals surface area contributed by atoms with Crippen LogP contribution >= 0.6 is 11.3 Å². The summed E-state index contributed by atoms with van der Waals surface area (Å²) < 4.78 is 1.98. The lowest BCUT2D eigenvalue weighted by molar-refractivity contribution is -0.122. The molecule has 2 aromatic rings. The molecule has 2 aromatic heterocycles. The molecule has 1 saturated heterocycles. The van der Waals surface area contributed by atoms with Crippen LogP contribution in [-0.2, 0) is 18.4 Å². The Morgan fingerprint density at radius 3 is 2.82 bits per heavy atom. The van der Waals surface area contributed by atoms with E-state index in [1.807, 2.05) is 24.2 Å². The van der Waals surface area contributed by atoms with Gasteiger partial charge in [-0.25, -0.2) is 4.98 Å². The second-order valence-corrected chi connectivity index (χ2v) is 8.85. The van der Waals surface area contributed by atoms with Gasteiger partial charge in [0, 0.05) is 39.1 Å². The highest BCUT2D eigenvalue weighted by Crippen LogP contribution is 2.27. The topological polar surface area (TPSA) is 63.1 Å². The average molecular weight is 400 g/mol. The van der Waals surface area contributed by atoms with Gasteiger partial charge in [0.1, 0.15) is 5.69 Å². The van der Waals surface area contributed by atoms with Crippen molar-refractivity contribution in [1.82, 2.24) is 25.0 Å². The molecule has 0 spiro atoms. The first-order valence-corrected chi connectivity index (χ1v) is 11.1. The van der Waals surface area contributed by atoms with Gasteiger partial charge >= 0.3 is 0 Å². The molecule has 0 bridgehead atoms. The van der Waals surface area contributed by atoms with Crippen LogP contribution in [0.1, 0.15) is 43.5 Å². The highest BCUT2D eigenvalue weighted by atomic mass is 32.1. The van der Waals surface area contributed by atoms with E-state index in [-0.39, 0.29) is 5.91 Å². The summed E-state index contributed by atoms with van der Waals surface area (Å²) in [5.74, 6) is 0.660. The summed E-state index contributed by atoms with van der Waals surface area (Å²) in [6.07, 6.45) is 9.31. The zero-order valence-electron chi connectivity index (χ0n) is 16.7. The van der Waals surface area contributed by atoms with Crippen LogP contribution < -0.4 is 5.32 Å². The summed E-state index contributed by atoms with van der Waals surface area (Å²) >= 11 is 1.64. The van der Waals surface area contributed by atoms with Gasteiger partial charge in [0.2, 0.25) is 5.91 Å². The van der Waals surface area contributed by atoms with E-state index in [0.29, 0.717) is 18.4 Å². The number of piperidine rings is 1. The van der Waals surface area contributed by atoms with Crippen LogP contribution in [0.5, 0.6) is 0 Å². The summed E-state index contributed by atoms with van der Waals surface area (Å²) in [6, 6.07) is 2.50. The standard InChI is InChI=1S/C21H29N5OS/c1-15-21(28-14-22-15)19-12-18(25(2)24-19)13-26-9-7-17(8-10-26)23-20(27)11-16-5-3-4-6-16/h3,5,12,14,16-17H,4,6-11,13H2,1-2H3,(H,23,27)/t16-/m0/s1. The molecule has 0 saturated carbocycles. The predicted molar refractivity (Wildman–Crippen MR) is 112 cm³/mol. The van der Waals surface area contributed by atoms with Crippen LogP contribution in [0.3, 0.4) is 0 Å². The zero-order chi connectivity index (χ0) is 19.5. The highest BCUT2D eigenvalue weighted by molar-refractivity contribution is 7.13.